The van der Waals surface area contributed by atoms with Gasteiger partial charge < -0.3 is 10.5 Å². The summed E-state index contributed by atoms with van der Waals surface area (Å²) in [5.74, 6) is -7.70. The van der Waals surface area contributed by atoms with Crippen molar-refractivity contribution < 1.29 is 36.3 Å². The fraction of sp³-hybridized carbons (Fsp3) is 0.0909. The van der Waals surface area contributed by atoms with Crippen LogP contribution in [0.5, 0.6) is 11.5 Å². The Balaban J connectivity index is 1.96. The number of sulfonamides is 1. The number of rotatable bonds is 9. The van der Waals surface area contributed by atoms with Gasteiger partial charge in [-0.2, -0.15) is 4.72 Å². The summed E-state index contributed by atoms with van der Waals surface area (Å²) in [6, 6.07) is 10.9. The summed E-state index contributed by atoms with van der Waals surface area (Å²) in [5, 5.41) is 17.0. The second kappa shape index (κ2) is 10.5. The fourth-order valence-electron chi connectivity index (χ4n) is 3.20. The molecular formula is C22H19F3N4O5S. The van der Waals surface area contributed by atoms with Crippen molar-refractivity contribution in [3.8, 4) is 11.5 Å². The van der Waals surface area contributed by atoms with Crippen molar-refractivity contribution >= 4 is 21.8 Å². The summed E-state index contributed by atoms with van der Waals surface area (Å²) in [5.41, 5.74) is 7.15. The molecule has 0 aliphatic rings. The Hall–Kier alpha value is -3.94. The largest absolute Gasteiger partial charge is 0.451 e. The Morgan fingerprint density at radius 1 is 1.00 bits per heavy atom. The van der Waals surface area contributed by atoms with Crippen LogP contribution in [0.2, 0.25) is 0 Å². The maximum absolute atomic E-state index is 14.6. The zero-order valence-corrected chi connectivity index (χ0v) is 18.5. The normalized spacial score (nSPS) is 13.0. The zero-order valence-electron chi connectivity index (χ0n) is 17.7. The van der Waals surface area contributed by atoms with Gasteiger partial charge in [-0.25, -0.2) is 27.1 Å². The van der Waals surface area contributed by atoms with Crippen molar-refractivity contribution in [3.05, 3.63) is 89.7 Å². The predicted molar refractivity (Wildman–Crippen MR) is 118 cm³/mol. The summed E-state index contributed by atoms with van der Waals surface area (Å²) in [4.78, 5) is 11.4. The molecule has 0 radical (unpaired) electrons. The monoisotopic (exact) mass is 508 g/mol. The van der Waals surface area contributed by atoms with Gasteiger partial charge in [-0.1, -0.05) is 30.3 Å². The van der Waals surface area contributed by atoms with Crippen LogP contribution in [-0.4, -0.2) is 31.4 Å². The summed E-state index contributed by atoms with van der Waals surface area (Å²) < 4.78 is 75.1. The molecular weight excluding hydrogens is 489 g/mol. The third-order valence-corrected chi connectivity index (χ3v) is 6.24. The van der Waals surface area contributed by atoms with Gasteiger partial charge in [0.05, 0.1) is 10.8 Å². The van der Waals surface area contributed by atoms with E-state index in [4.69, 9.17) is 21.1 Å². The van der Waals surface area contributed by atoms with Gasteiger partial charge in [-0.15, -0.1) is 0 Å². The van der Waals surface area contributed by atoms with Crippen LogP contribution in [0.4, 0.5) is 13.2 Å². The lowest BCUT2D eigenvalue weighted by atomic mass is 9.90. The van der Waals surface area contributed by atoms with E-state index in [2.05, 4.69) is 0 Å². The molecule has 9 nitrogen and oxygen atoms in total. The lowest BCUT2D eigenvalue weighted by molar-refractivity contribution is -0.131. The van der Waals surface area contributed by atoms with Crippen molar-refractivity contribution in [2.45, 2.75) is 16.9 Å². The summed E-state index contributed by atoms with van der Waals surface area (Å²) in [7, 11) is -4.80. The van der Waals surface area contributed by atoms with Crippen LogP contribution in [0.15, 0.2) is 71.6 Å². The molecule has 0 saturated carbocycles. The molecule has 0 aliphatic carbocycles. The van der Waals surface area contributed by atoms with Gasteiger partial charge >= 0.3 is 0 Å². The first-order chi connectivity index (χ1) is 16.5. The molecule has 3 rings (SSSR count). The van der Waals surface area contributed by atoms with Crippen molar-refractivity contribution in [2.75, 3.05) is 0 Å². The zero-order chi connectivity index (χ0) is 25.8. The Bertz CT molecular complexity index is 1320. The lowest BCUT2D eigenvalue weighted by Crippen LogP contribution is -2.52. The summed E-state index contributed by atoms with van der Waals surface area (Å²) in [6.07, 6.45) is 0. The van der Waals surface area contributed by atoms with Crippen LogP contribution in [-0.2, 0) is 14.8 Å². The van der Waals surface area contributed by atoms with Gasteiger partial charge in [0.2, 0.25) is 10.0 Å². The molecule has 3 aromatic carbocycles. The van der Waals surface area contributed by atoms with Crippen LogP contribution in [0.3, 0.4) is 0 Å². The van der Waals surface area contributed by atoms with E-state index in [1.54, 1.807) is 18.2 Å². The molecule has 0 aliphatic heterocycles. The molecule has 0 fully saturated rings. The third-order valence-electron chi connectivity index (χ3n) is 4.82. The molecule has 184 valence electrons. The van der Waals surface area contributed by atoms with Crippen LogP contribution in [0, 0.1) is 22.9 Å². The highest BCUT2D eigenvalue weighted by Gasteiger charge is 2.36. The minimum Gasteiger partial charge on any atom is -0.451 e. The number of carbonyl (C=O) groups excluding carboxylic acids is 1. The van der Waals surface area contributed by atoms with E-state index >= 15 is 0 Å². The molecule has 0 aromatic heterocycles. The van der Waals surface area contributed by atoms with Crippen molar-refractivity contribution in [3.63, 3.8) is 0 Å². The van der Waals surface area contributed by atoms with Gasteiger partial charge in [0.1, 0.15) is 23.4 Å². The molecule has 0 spiro atoms. The molecule has 13 heteroatoms. The Morgan fingerprint density at radius 3 is 2.09 bits per heavy atom. The van der Waals surface area contributed by atoms with E-state index in [0.717, 1.165) is 24.3 Å². The number of hydrogen-bond donors (Lipinski definition) is 5. The van der Waals surface area contributed by atoms with Gasteiger partial charge in [0.25, 0.3) is 5.91 Å². The number of carbonyl (C=O) groups is 1. The number of hydrogen-bond acceptors (Lipinski definition) is 6. The highest BCUT2D eigenvalue weighted by atomic mass is 32.2. The smallest absolute Gasteiger partial charge is 0.262 e. The second-order valence-corrected chi connectivity index (χ2v) is 8.90. The van der Waals surface area contributed by atoms with E-state index < -0.39 is 61.8 Å². The number of ether oxygens (including phenoxy) is 1. The number of nitrogens with two attached hydrogens (primary N) is 1. The van der Waals surface area contributed by atoms with E-state index in [1.807, 2.05) is 4.72 Å². The molecule has 2 atom stereocenters. The number of nitrogens with one attached hydrogen (secondary N) is 3. The SMILES string of the molecule is N=C(N)C(c1ccccc1)[C@@H](NS(=O)(=O)c1cc(F)c(Oc2ccc(F)cc2)c(F)c1)C(=O)NO. The molecule has 0 heterocycles. The minimum atomic E-state index is -4.80. The van der Waals surface area contributed by atoms with Crippen LogP contribution in [0.25, 0.3) is 0 Å². The highest BCUT2D eigenvalue weighted by Crippen LogP contribution is 2.30. The Morgan fingerprint density at radius 2 is 1.57 bits per heavy atom. The fourth-order valence-corrected chi connectivity index (χ4v) is 4.43. The molecule has 6 N–H and O–H groups in total. The molecule has 0 saturated heterocycles. The highest BCUT2D eigenvalue weighted by molar-refractivity contribution is 7.89. The number of benzene rings is 3. The van der Waals surface area contributed by atoms with Crippen LogP contribution in [0.1, 0.15) is 11.5 Å². The van der Waals surface area contributed by atoms with E-state index in [-0.39, 0.29) is 11.3 Å². The molecule has 0 bridgehead atoms. The van der Waals surface area contributed by atoms with Gasteiger partial charge in [0, 0.05) is 0 Å². The molecule has 1 amide bonds. The second-order valence-electron chi connectivity index (χ2n) is 7.19. The van der Waals surface area contributed by atoms with E-state index in [9.17, 15) is 26.4 Å². The molecule has 3 aromatic rings. The maximum Gasteiger partial charge on any atom is 0.262 e. The first-order valence-corrected chi connectivity index (χ1v) is 11.3. The average molecular weight is 508 g/mol. The van der Waals surface area contributed by atoms with Crippen molar-refractivity contribution in [1.82, 2.24) is 10.2 Å². The first kappa shape index (κ1) is 25.7. The molecule has 1 unspecified atom stereocenters. The van der Waals surface area contributed by atoms with Crippen LogP contribution < -0.4 is 20.7 Å². The number of halogens is 3. The van der Waals surface area contributed by atoms with E-state index in [1.165, 1.54) is 17.6 Å². The quantitative estimate of drug-likeness (QED) is 0.130. The van der Waals surface area contributed by atoms with Crippen LogP contribution >= 0.6 is 0 Å². The topological polar surface area (TPSA) is 155 Å². The summed E-state index contributed by atoms with van der Waals surface area (Å²) in [6.45, 7) is 0. The van der Waals surface area contributed by atoms with Gasteiger partial charge in [0.15, 0.2) is 17.4 Å². The number of amidine groups is 1. The third kappa shape index (κ3) is 5.95. The number of hydroxylamine groups is 1. The Labute approximate surface area is 197 Å². The van der Waals surface area contributed by atoms with Gasteiger partial charge in [-0.3, -0.25) is 15.4 Å². The van der Waals surface area contributed by atoms with E-state index in [0.29, 0.717) is 12.1 Å². The summed E-state index contributed by atoms with van der Waals surface area (Å²) >= 11 is 0. The molecule has 35 heavy (non-hydrogen) atoms. The predicted octanol–water partition coefficient (Wildman–Crippen LogP) is 2.77. The Kier molecular flexibility index (Phi) is 7.74. The number of amides is 1. The maximum atomic E-state index is 14.6. The van der Waals surface area contributed by atoms with Gasteiger partial charge in [-0.05, 0) is 42.0 Å². The lowest BCUT2D eigenvalue weighted by Gasteiger charge is -2.26. The first-order valence-electron chi connectivity index (χ1n) is 9.81. The average Bonchev–Trinajstić information content (AvgIpc) is 2.82. The van der Waals surface area contributed by atoms with Crippen molar-refractivity contribution in [1.29, 1.82) is 5.41 Å². The minimum absolute atomic E-state index is 0.107. The van der Waals surface area contributed by atoms with Crippen molar-refractivity contribution in [2.24, 2.45) is 5.73 Å². The standard InChI is InChI=1S/C22H19F3N4O5S/c23-13-6-8-14(9-7-13)34-20-16(24)10-15(11-17(20)25)35(32,33)29-19(22(30)28-31)18(21(26)27)12-4-2-1-3-5-12/h1-11,18-19,29,31H,(H3,26,27)(H,28,30)/t18?,19-/m1/s1.